The quantitative estimate of drug-likeness (QED) is 0.814. The fourth-order valence-corrected chi connectivity index (χ4v) is 4.09. The lowest BCUT2D eigenvalue weighted by atomic mass is 10.4. The molecular weight excluding hydrogens is 421 g/mol. The van der Waals surface area contributed by atoms with Gasteiger partial charge in [-0.05, 0) is 34.1 Å². The van der Waals surface area contributed by atoms with E-state index in [0.29, 0.717) is 4.47 Å². The SMILES string of the molecule is O=S(=O)(Nc1cnc(Cl)cn1)c1ccc(Br)cc1Br. The van der Waals surface area contributed by atoms with Crippen LogP contribution in [0.25, 0.3) is 0 Å². The van der Waals surface area contributed by atoms with E-state index in [0.717, 1.165) is 4.47 Å². The van der Waals surface area contributed by atoms with Crippen molar-refractivity contribution in [1.82, 2.24) is 9.97 Å². The zero-order chi connectivity index (χ0) is 14.0. The van der Waals surface area contributed by atoms with Crippen molar-refractivity contribution in [1.29, 1.82) is 0 Å². The first kappa shape index (κ1) is 14.7. The minimum Gasteiger partial charge on any atom is -0.262 e. The van der Waals surface area contributed by atoms with Gasteiger partial charge in [0.1, 0.15) is 10.0 Å². The molecule has 1 aromatic carbocycles. The van der Waals surface area contributed by atoms with Gasteiger partial charge in [0.05, 0.1) is 12.4 Å². The highest BCUT2D eigenvalue weighted by atomic mass is 79.9. The lowest BCUT2D eigenvalue weighted by Crippen LogP contribution is -2.14. The minimum absolute atomic E-state index is 0.0965. The van der Waals surface area contributed by atoms with Crippen molar-refractivity contribution < 1.29 is 8.42 Å². The first-order chi connectivity index (χ1) is 8.88. The van der Waals surface area contributed by atoms with Crippen molar-refractivity contribution in [2.75, 3.05) is 4.72 Å². The molecule has 19 heavy (non-hydrogen) atoms. The standard InChI is InChI=1S/C10H6Br2ClN3O2S/c11-6-1-2-8(7(12)3-6)19(17,18)16-10-5-14-9(13)4-15-10/h1-5H,(H,15,16). The van der Waals surface area contributed by atoms with E-state index < -0.39 is 10.0 Å². The zero-order valence-electron chi connectivity index (χ0n) is 9.14. The maximum atomic E-state index is 12.2. The van der Waals surface area contributed by atoms with Gasteiger partial charge in [0.15, 0.2) is 5.82 Å². The summed E-state index contributed by atoms with van der Waals surface area (Å²) in [6.07, 6.45) is 2.50. The number of hydrogen-bond donors (Lipinski definition) is 1. The summed E-state index contributed by atoms with van der Waals surface area (Å²) >= 11 is 12.0. The summed E-state index contributed by atoms with van der Waals surface area (Å²) in [5.74, 6) is 0.0965. The molecule has 0 atom stereocenters. The zero-order valence-corrected chi connectivity index (χ0v) is 13.9. The summed E-state index contributed by atoms with van der Waals surface area (Å²) in [6, 6.07) is 4.74. The van der Waals surface area contributed by atoms with Crippen molar-refractivity contribution in [2.24, 2.45) is 0 Å². The third kappa shape index (κ3) is 3.65. The van der Waals surface area contributed by atoms with Crippen molar-refractivity contribution in [2.45, 2.75) is 4.90 Å². The Kier molecular flexibility index (Phi) is 4.44. The third-order valence-corrected chi connectivity index (χ3v) is 5.06. The third-order valence-electron chi connectivity index (χ3n) is 2.04. The Labute approximate surface area is 131 Å². The fourth-order valence-electron chi connectivity index (χ4n) is 1.25. The van der Waals surface area contributed by atoms with E-state index in [-0.39, 0.29) is 15.9 Å². The van der Waals surface area contributed by atoms with Gasteiger partial charge in [-0.2, -0.15) is 0 Å². The second-order valence-corrected chi connectivity index (χ2v) is 7.21. The van der Waals surface area contributed by atoms with E-state index in [1.54, 1.807) is 12.1 Å². The summed E-state index contributed by atoms with van der Waals surface area (Å²) in [6.45, 7) is 0. The normalized spacial score (nSPS) is 11.3. The number of nitrogens with zero attached hydrogens (tertiary/aromatic N) is 2. The van der Waals surface area contributed by atoms with Gasteiger partial charge >= 0.3 is 0 Å². The number of anilines is 1. The van der Waals surface area contributed by atoms with Crippen LogP contribution in [0.2, 0.25) is 5.15 Å². The Morgan fingerprint density at radius 3 is 2.47 bits per heavy atom. The summed E-state index contributed by atoms with van der Waals surface area (Å²) in [5.41, 5.74) is 0. The minimum atomic E-state index is -3.74. The molecule has 0 aliphatic carbocycles. The summed E-state index contributed by atoms with van der Waals surface area (Å²) in [7, 11) is -3.74. The highest BCUT2D eigenvalue weighted by molar-refractivity contribution is 9.11. The van der Waals surface area contributed by atoms with Gasteiger partial charge in [-0.15, -0.1) is 0 Å². The molecule has 100 valence electrons. The van der Waals surface area contributed by atoms with Crippen LogP contribution in [0, 0.1) is 0 Å². The van der Waals surface area contributed by atoms with Crippen LogP contribution in [0.1, 0.15) is 0 Å². The van der Waals surface area contributed by atoms with Gasteiger partial charge in [0.2, 0.25) is 0 Å². The second-order valence-electron chi connectivity index (χ2n) is 3.40. The molecule has 0 bridgehead atoms. The predicted molar refractivity (Wildman–Crippen MR) is 79.7 cm³/mol. The van der Waals surface area contributed by atoms with Gasteiger partial charge < -0.3 is 0 Å². The number of sulfonamides is 1. The van der Waals surface area contributed by atoms with E-state index in [4.69, 9.17) is 11.6 Å². The van der Waals surface area contributed by atoms with Crippen LogP contribution in [0.4, 0.5) is 5.82 Å². The van der Waals surface area contributed by atoms with Crippen LogP contribution in [0.15, 0.2) is 44.4 Å². The lowest BCUT2D eigenvalue weighted by Gasteiger charge is -2.08. The van der Waals surface area contributed by atoms with Crippen LogP contribution < -0.4 is 4.72 Å². The number of rotatable bonds is 3. The van der Waals surface area contributed by atoms with E-state index >= 15 is 0 Å². The molecule has 2 aromatic rings. The predicted octanol–water partition coefficient (Wildman–Crippen LogP) is 3.46. The molecule has 0 aliphatic heterocycles. The Morgan fingerprint density at radius 1 is 1.16 bits per heavy atom. The molecule has 0 unspecified atom stereocenters. The highest BCUT2D eigenvalue weighted by Gasteiger charge is 2.18. The molecule has 5 nitrogen and oxygen atoms in total. The summed E-state index contributed by atoms with van der Waals surface area (Å²) in [5, 5.41) is 0.188. The van der Waals surface area contributed by atoms with E-state index in [1.165, 1.54) is 18.5 Å². The van der Waals surface area contributed by atoms with Gasteiger partial charge in [-0.1, -0.05) is 27.5 Å². The largest absolute Gasteiger partial charge is 0.264 e. The second kappa shape index (κ2) is 5.74. The van der Waals surface area contributed by atoms with E-state index in [2.05, 4.69) is 46.5 Å². The topological polar surface area (TPSA) is 72.0 Å². The lowest BCUT2D eigenvalue weighted by molar-refractivity contribution is 0.600. The number of hydrogen-bond acceptors (Lipinski definition) is 4. The number of benzene rings is 1. The molecule has 0 amide bonds. The summed E-state index contributed by atoms with van der Waals surface area (Å²) < 4.78 is 27.8. The Balaban J connectivity index is 2.35. The van der Waals surface area contributed by atoms with Crippen molar-refractivity contribution >= 4 is 59.3 Å². The molecule has 9 heteroatoms. The molecule has 1 N–H and O–H groups in total. The van der Waals surface area contributed by atoms with Crippen LogP contribution >= 0.6 is 43.5 Å². The van der Waals surface area contributed by atoms with E-state index in [1.807, 2.05) is 0 Å². The molecule has 0 radical (unpaired) electrons. The first-order valence-corrected chi connectivity index (χ1v) is 8.28. The molecule has 2 rings (SSSR count). The van der Waals surface area contributed by atoms with Gasteiger partial charge in [-0.25, -0.2) is 18.4 Å². The monoisotopic (exact) mass is 425 g/mol. The molecule has 0 aliphatic rings. The molecule has 1 aromatic heterocycles. The molecule has 0 saturated carbocycles. The van der Waals surface area contributed by atoms with Crippen LogP contribution in [-0.2, 0) is 10.0 Å². The average molecular weight is 428 g/mol. The molecule has 0 fully saturated rings. The first-order valence-electron chi connectivity index (χ1n) is 4.84. The Bertz CT molecular complexity index is 707. The van der Waals surface area contributed by atoms with Gasteiger partial charge in [0, 0.05) is 8.95 Å². The molecule has 1 heterocycles. The Hall–Kier alpha value is -0.700. The number of halogens is 3. The van der Waals surface area contributed by atoms with Crippen molar-refractivity contribution in [3.63, 3.8) is 0 Å². The van der Waals surface area contributed by atoms with Gasteiger partial charge in [0.25, 0.3) is 10.0 Å². The molecule has 0 spiro atoms. The highest BCUT2D eigenvalue weighted by Crippen LogP contribution is 2.26. The van der Waals surface area contributed by atoms with E-state index in [9.17, 15) is 8.42 Å². The molecular formula is C10H6Br2ClN3O2S. The van der Waals surface area contributed by atoms with Crippen molar-refractivity contribution in [3.8, 4) is 0 Å². The fraction of sp³-hybridized carbons (Fsp3) is 0. The smallest absolute Gasteiger partial charge is 0.262 e. The van der Waals surface area contributed by atoms with Gasteiger partial charge in [-0.3, -0.25) is 4.72 Å². The molecule has 0 saturated heterocycles. The maximum Gasteiger partial charge on any atom is 0.264 e. The number of nitrogens with one attached hydrogen (secondary N) is 1. The number of aromatic nitrogens is 2. The summed E-state index contributed by atoms with van der Waals surface area (Å²) in [4.78, 5) is 7.68. The average Bonchev–Trinajstić information content (AvgIpc) is 2.31. The van der Waals surface area contributed by atoms with Crippen molar-refractivity contribution in [3.05, 3.63) is 44.7 Å². The van der Waals surface area contributed by atoms with Crippen LogP contribution in [0.5, 0.6) is 0 Å². The maximum absolute atomic E-state index is 12.2. The van der Waals surface area contributed by atoms with Crippen LogP contribution in [-0.4, -0.2) is 18.4 Å². The van der Waals surface area contributed by atoms with Crippen LogP contribution in [0.3, 0.4) is 0 Å². The Morgan fingerprint density at radius 2 is 1.89 bits per heavy atom.